The van der Waals surface area contributed by atoms with Crippen LogP contribution >= 0.6 is 0 Å². The van der Waals surface area contributed by atoms with Gasteiger partial charge in [0, 0.05) is 6.54 Å². The second-order valence-electron chi connectivity index (χ2n) is 4.75. The fourth-order valence-electron chi connectivity index (χ4n) is 1.92. The van der Waals surface area contributed by atoms with E-state index in [1.165, 1.54) is 37.7 Å². The zero-order chi connectivity index (χ0) is 12.9. The van der Waals surface area contributed by atoms with Gasteiger partial charge in [-0.3, -0.25) is 0 Å². The summed E-state index contributed by atoms with van der Waals surface area (Å²) in [5, 5.41) is 0. The van der Waals surface area contributed by atoms with Crippen LogP contribution in [0.3, 0.4) is 0 Å². The number of hydrogen-bond donors (Lipinski definition) is 1. The van der Waals surface area contributed by atoms with Crippen LogP contribution in [0.15, 0.2) is 30.3 Å². The Kier molecular flexibility index (Phi) is 9.49. The van der Waals surface area contributed by atoms with E-state index >= 15 is 0 Å². The molecule has 0 amide bonds. The Hall–Kier alpha value is -0.860. The van der Waals surface area contributed by atoms with Gasteiger partial charge in [-0.25, -0.2) is 5.48 Å². The summed E-state index contributed by atoms with van der Waals surface area (Å²) in [5.74, 6) is 0. The van der Waals surface area contributed by atoms with Crippen LogP contribution in [-0.2, 0) is 11.3 Å². The number of nitrogens with one attached hydrogen (secondary N) is 1. The van der Waals surface area contributed by atoms with Crippen molar-refractivity contribution in [3.05, 3.63) is 35.9 Å². The largest absolute Gasteiger partial charge is 0.302 e. The van der Waals surface area contributed by atoms with Gasteiger partial charge in [-0.2, -0.15) is 0 Å². The molecule has 0 aliphatic rings. The molecule has 0 bridgehead atoms. The lowest BCUT2D eigenvalue weighted by atomic mass is 10.1. The predicted molar refractivity (Wildman–Crippen MR) is 77.5 cm³/mol. The van der Waals surface area contributed by atoms with Crippen molar-refractivity contribution in [2.24, 2.45) is 0 Å². The van der Waals surface area contributed by atoms with Crippen LogP contribution in [0.25, 0.3) is 0 Å². The van der Waals surface area contributed by atoms with Gasteiger partial charge in [-0.1, -0.05) is 56.5 Å². The molecule has 1 rings (SSSR count). The molecule has 0 spiro atoms. The fraction of sp³-hybridized carbons (Fsp3) is 0.625. The maximum absolute atomic E-state index is 5.40. The van der Waals surface area contributed by atoms with E-state index in [-0.39, 0.29) is 0 Å². The minimum Gasteiger partial charge on any atom is -0.302 e. The first-order chi connectivity index (χ1) is 8.93. The first kappa shape index (κ1) is 15.2. The van der Waals surface area contributed by atoms with Crippen molar-refractivity contribution in [2.45, 2.75) is 51.9 Å². The average Bonchev–Trinajstić information content (AvgIpc) is 2.42. The maximum atomic E-state index is 5.40. The lowest BCUT2D eigenvalue weighted by molar-refractivity contribution is 0.0380. The van der Waals surface area contributed by atoms with Gasteiger partial charge in [0.2, 0.25) is 0 Å². The van der Waals surface area contributed by atoms with E-state index in [1.807, 2.05) is 0 Å². The molecular formula is C16H27NO. The minimum absolute atomic E-state index is 0.820. The van der Waals surface area contributed by atoms with Crippen molar-refractivity contribution in [3.8, 4) is 0 Å². The molecule has 0 aromatic heterocycles. The number of rotatable bonds is 11. The zero-order valence-corrected chi connectivity index (χ0v) is 11.7. The summed E-state index contributed by atoms with van der Waals surface area (Å²) in [7, 11) is 0. The molecule has 0 saturated heterocycles. The Morgan fingerprint density at radius 2 is 1.78 bits per heavy atom. The molecule has 102 valence electrons. The van der Waals surface area contributed by atoms with Crippen molar-refractivity contribution >= 4 is 0 Å². The summed E-state index contributed by atoms with van der Waals surface area (Å²) in [6.07, 6.45) is 8.62. The number of hydroxylamine groups is 1. The molecule has 2 nitrogen and oxygen atoms in total. The topological polar surface area (TPSA) is 21.3 Å². The molecule has 18 heavy (non-hydrogen) atoms. The standard InChI is InChI=1S/C16H27NO/c1-2-3-4-9-14-17-18-15-10-8-13-16-11-6-5-7-12-16/h5-7,11-12,17H,2-4,8-10,13-15H2,1H3. The molecular weight excluding hydrogens is 222 g/mol. The lowest BCUT2D eigenvalue weighted by Gasteiger charge is -2.05. The van der Waals surface area contributed by atoms with E-state index in [2.05, 4.69) is 42.7 Å². The van der Waals surface area contributed by atoms with E-state index in [0.29, 0.717) is 0 Å². The van der Waals surface area contributed by atoms with Crippen LogP contribution in [0.4, 0.5) is 0 Å². The summed E-state index contributed by atoms with van der Waals surface area (Å²) in [6, 6.07) is 10.6. The molecule has 0 unspecified atom stereocenters. The third-order valence-corrected chi connectivity index (χ3v) is 3.04. The van der Waals surface area contributed by atoms with Crippen molar-refractivity contribution in [2.75, 3.05) is 13.2 Å². The van der Waals surface area contributed by atoms with E-state index in [0.717, 1.165) is 26.0 Å². The molecule has 1 N–H and O–H groups in total. The van der Waals surface area contributed by atoms with Gasteiger partial charge in [0.05, 0.1) is 6.61 Å². The van der Waals surface area contributed by atoms with Crippen LogP contribution in [0.2, 0.25) is 0 Å². The molecule has 0 fully saturated rings. The maximum Gasteiger partial charge on any atom is 0.0682 e. The van der Waals surface area contributed by atoms with Crippen LogP contribution in [0.1, 0.15) is 51.0 Å². The van der Waals surface area contributed by atoms with Gasteiger partial charge in [0.1, 0.15) is 0 Å². The molecule has 2 heteroatoms. The number of aryl methyl sites for hydroxylation is 1. The zero-order valence-electron chi connectivity index (χ0n) is 11.7. The smallest absolute Gasteiger partial charge is 0.0682 e. The van der Waals surface area contributed by atoms with Crippen molar-refractivity contribution in [1.29, 1.82) is 0 Å². The van der Waals surface area contributed by atoms with Crippen molar-refractivity contribution < 1.29 is 4.84 Å². The lowest BCUT2D eigenvalue weighted by Crippen LogP contribution is -2.16. The van der Waals surface area contributed by atoms with Gasteiger partial charge >= 0.3 is 0 Å². The molecule has 0 atom stereocenters. The highest BCUT2D eigenvalue weighted by Crippen LogP contribution is 2.04. The Morgan fingerprint density at radius 3 is 2.56 bits per heavy atom. The SMILES string of the molecule is CCCCCCNOCCCCc1ccccc1. The summed E-state index contributed by atoms with van der Waals surface area (Å²) in [6.45, 7) is 4.04. The van der Waals surface area contributed by atoms with Crippen molar-refractivity contribution in [1.82, 2.24) is 5.48 Å². The van der Waals surface area contributed by atoms with Gasteiger partial charge in [-0.15, -0.1) is 0 Å². The normalized spacial score (nSPS) is 10.7. The molecule has 0 aliphatic heterocycles. The Morgan fingerprint density at radius 1 is 0.944 bits per heavy atom. The summed E-state index contributed by atoms with van der Waals surface area (Å²) >= 11 is 0. The molecule has 1 aromatic rings. The number of benzene rings is 1. The summed E-state index contributed by atoms with van der Waals surface area (Å²) in [5.41, 5.74) is 4.46. The molecule has 0 radical (unpaired) electrons. The van der Waals surface area contributed by atoms with Crippen LogP contribution in [0, 0.1) is 0 Å². The second kappa shape index (κ2) is 11.2. The van der Waals surface area contributed by atoms with Crippen LogP contribution in [0.5, 0.6) is 0 Å². The first-order valence-corrected chi connectivity index (χ1v) is 7.32. The third-order valence-electron chi connectivity index (χ3n) is 3.04. The van der Waals surface area contributed by atoms with Gasteiger partial charge in [-0.05, 0) is 31.2 Å². The van der Waals surface area contributed by atoms with E-state index in [1.54, 1.807) is 0 Å². The molecule has 0 aliphatic carbocycles. The predicted octanol–water partition coefficient (Wildman–Crippen LogP) is 4.11. The van der Waals surface area contributed by atoms with Gasteiger partial charge < -0.3 is 4.84 Å². The van der Waals surface area contributed by atoms with E-state index < -0.39 is 0 Å². The highest BCUT2D eigenvalue weighted by atomic mass is 16.6. The number of unbranched alkanes of at least 4 members (excludes halogenated alkanes) is 4. The van der Waals surface area contributed by atoms with Gasteiger partial charge in [0.25, 0.3) is 0 Å². The Bertz CT molecular complexity index is 274. The highest BCUT2D eigenvalue weighted by molar-refractivity contribution is 5.14. The minimum atomic E-state index is 0.820. The molecule has 0 saturated carbocycles. The van der Waals surface area contributed by atoms with E-state index in [4.69, 9.17) is 4.84 Å². The molecule has 0 heterocycles. The average molecular weight is 249 g/mol. The quantitative estimate of drug-likeness (QED) is 0.471. The Labute approximate surface area is 112 Å². The molecule has 1 aromatic carbocycles. The van der Waals surface area contributed by atoms with Gasteiger partial charge in [0.15, 0.2) is 0 Å². The highest BCUT2D eigenvalue weighted by Gasteiger charge is 1.93. The van der Waals surface area contributed by atoms with Crippen LogP contribution < -0.4 is 5.48 Å². The number of hydrogen-bond acceptors (Lipinski definition) is 2. The third kappa shape index (κ3) is 8.26. The second-order valence-corrected chi connectivity index (χ2v) is 4.75. The summed E-state index contributed by atoms with van der Waals surface area (Å²) < 4.78 is 0. The first-order valence-electron chi connectivity index (χ1n) is 7.32. The Balaban J connectivity index is 1.82. The van der Waals surface area contributed by atoms with E-state index in [9.17, 15) is 0 Å². The monoisotopic (exact) mass is 249 g/mol. The van der Waals surface area contributed by atoms with Crippen LogP contribution in [-0.4, -0.2) is 13.2 Å². The van der Waals surface area contributed by atoms with Crippen molar-refractivity contribution in [3.63, 3.8) is 0 Å². The summed E-state index contributed by atoms with van der Waals surface area (Å²) in [4.78, 5) is 5.40. The fourth-order valence-corrected chi connectivity index (χ4v) is 1.92.